The van der Waals surface area contributed by atoms with E-state index < -0.39 is 0 Å². The number of rotatable bonds is 2. The smallest absolute Gasteiger partial charge is 0.156 e. The lowest BCUT2D eigenvalue weighted by molar-refractivity contribution is 0.962. The summed E-state index contributed by atoms with van der Waals surface area (Å²) in [6.07, 6.45) is 1.78. The second-order valence-electron chi connectivity index (χ2n) is 4.32. The van der Waals surface area contributed by atoms with Gasteiger partial charge in [-0.1, -0.05) is 51.3 Å². The van der Waals surface area contributed by atoms with Crippen molar-refractivity contribution in [2.45, 2.75) is 6.54 Å². The van der Waals surface area contributed by atoms with Crippen LogP contribution in [0.4, 0.5) is 0 Å². The summed E-state index contributed by atoms with van der Waals surface area (Å²) in [6, 6.07) is 9.58. The Kier molecular flexibility index (Phi) is 3.73. The molecule has 0 aliphatic rings. The van der Waals surface area contributed by atoms with E-state index in [9.17, 15) is 0 Å². The van der Waals surface area contributed by atoms with Crippen molar-refractivity contribution in [1.29, 1.82) is 0 Å². The molecule has 0 unspecified atom stereocenters. The van der Waals surface area contributed by atoms with E-state index in [4.69, 9.17) is 28.9 Å². The number of hydrogen-bond donors (Lipinski definition) is 1. The molecule has 2 N–H and O–H groups in total. The van der Waals surface area contributed by atoms with Gasteiger partial charge < -0.3 is 5.73 Å². The minimum absolute atomic E-state index is 0.350. The molecule has 0 saturated heterocycles. The number of fused-ring (bicyclic) bond motifs is 1. The van der Waals surface area contributed by atoms with Crippen LogP contribution < -0.4 is 5.73 Å². The zero-order valence-corrected chi connectivity index (χ0v) is 13.4. The Balaban J connectivity index is 2.30. The number of hydrogen-bond acceptors (Lipinski definition) is 2. The van der Waals surface area contributed by atoms with Gasteiger partial charge in [-0.25, -0.2) is 4.98 Å². The summed E-state index contributed by atoms with van der Waals surface area (Å²) in [5, 5.41) is 1.06. The monoisotopic (exact) mass is 369 g/mol. The van der Waals surface area contributed by atoms with Crippen LogP contribution >= 0.6 is 39.1 Å². The molecular weight excluding hydrogens is 361 g/mol. The number of imidazole rings is 1. The highest BCUT2D eigenvalue weighted by molar-refractivity contribution is 9.10. The quantitative estimate of drug-likeness (QED) is 0.720. The van der Waals surface area contributed by atoms with Crippen LogP contribution in [0.2, 0.25) is 10.0 Å². The summed E-state index contributed by atoms with van der Waals surface area (Å²) in [5.41, 5.74) is 9.23. The van der Waals surface area contributed by atoms with Gasteiger partial charge in [-0.3, -0.25) is 4.40 Å². The molecule has 0 amide bonds. The molecule has 1 aromatic carbocycles. The molecule has 0 fully saturated rings. The summed E-state index contributed by atoms with van der Waals surface area (Å²) in [7, 11) is 0. The Hall–Kier alpha value is -1.07. The molecule has 0 aliphatic carbocycles. The fraction of sp³-hybridized carbons (Fsp3) is 0.0714. The van der Waals surface area contributed by atoms with Crippen molar-refractivity contribution in [2.75, 3.05) is 0 Å². The molecule has 0 atom stereocenters. The molecule has 2 heterocycles. The lowest BCUT2D eigenvalue weighted by Crippen LogP contribution is -2.02. The van der Waals surface area contributed by atoms with E-state index in [1.807, 2.05) is 28.7 Å². The first-order valence-electron chi connectivity index (χ1n) is 5.92. The third-order valence-electron chi connectivity index (χ3n) is 3.05. The fourth-order valence-electron chi connectivity index (χ4n) is 2.15. The predicted molar refractivity (Wildman–Crippen MR) is 86.2 cm³/mol. The Morgan fingerprint density at radius 1 is 1.20 bits per heavy atom. The standard InChI is InChI=1S/C14H10BrCl2N3/c15-9-3-1-8(2-4-9)13-12(6-18)20-7-10(16)5-11(17)14(20)19-13/h1-5,7H,6,18H2. The van der Waals surface area contributed by atoms with Crippen LogP contribution in [-0.2, 0) is 6.54 Å². The normalized spacial score (nSPS) is 11.2. The summed E-state index contributed by atoms with van der Waals surface area (Å²) in [5.74, 6) is 0. The molecule has 20 heavy (non-hydrogen) atoms. The first kappa shape index (κ1) is 13.9. The van der Waals surface area contributed by atoms with E-state index in [0.717, 1.165) is 21.4 Å². The third-order valence-corrected chi connectivity index (χ3v) is 4.07. The molecule has 0 bridgehead atoms. The van der Waals surface area contributed by atoms with Gasteiger partial charge in [0, 0.05) is 22.8 Å². The Labute approximate surface area is 134 Å². The Bertz CT molecular complexity index is 781. The van der Waals surface area contributed by atoms with Crippen molar-refractivity contribution in [3.63, 3.8) is 0 Å². The highest BCUT2D eigenvalue weighted by Gasteiger charge is 2.15. The van der Waals surface area contributed by atoms with Crippen molar-refractivity contribution >= 4 is 44.8 Å². The van der Waals surface area contributed by atoms with E-state index in [1.165, 1.54) is 0 Å². The lowest BCUT2D eigenvalue weighted by atomic mass is 10.1. The maximum atomic E-state index is 6.20. The van der Waals surface area contributed by atoms with Crippen LogP contribution in [0.15, 0.2) is 41.0 Å². The van der Waals surface area contributed by atoms with Gasteiger partial charge in [-0.05, 0) is 18.2 Å². The average molecular weight is 371 g/mol. The van der Waals surface area contributed by atoms with Crippen LogP contribution in [0.25, 0.3) is 16.9 Å². The zero-order chi connectivity index (χ0) is 14.3. The number of aromatic nitrogens is 2. The molecule has 0 aliphatic heterocycles. The van der Waals surface area contributed by atoms with Gasteiger partial charge in [0.2, 0.25) is 0 Å². The van der Waals surface area contributed by atoms with Crippen molar-refractivity contribution in [3.05, 3.63) is 56.7 Å². The number of pyridine rings is 1. The number of benzene rings is 1. The van der Waals surface area contributed by atoms with Crippen molar-refractivity contribution < 1.29 is 0 Å². The van der Waals surface area contributed by atoms with Gasteiger partial charge in [0.1, 0.15) is 0 Å². The molecule has 102 valence electrons. The zero-order valence-electron chi connectivity index (χ0n) is 10.3. The number of nitrogens with two attached hydrogens (primary N) is 1. The Morgan fingerprint density at radius 2 is 1.90 bits per heavy atom. The van der Waals surface area contributed by atoms with Crippen LogP contribution in [0, 0.1) is 0 Å². The minimum atomic E-state index is 0.350. The fourth-order valence-corrected chi connectivity index (χ4v) is 2.93. The van der Waals surface area contributed by atoms with Crippen molar-refractivity contribution in [2.24, 2.45) is 5.73 Å². The van der Waals surface area contributed by atoms with E-state index in [2.05, 4.69) is 20.9 Å². The van der Waals surface area contributed by atoms with Gasteiger partial charge in [-0.15, -0.1) is 0 Å². The summed E-state index contributed by atoms with van der Waals surface area (Å²) in [4.78, 5) is 4.60. The second-order valence-corrected chi connectivity index (χ2v) is 6.08. The molecule has 2 aromatic heterocycles. The van der Waals surface area contributed by atoms with Crippen LogP contribution in [0.1, 0.15) is 5.69 Å². The van der Waals surface area contributed by atoms with E-state index in [1.54, 1.807) is 12.3 Å². The largest absolute Gasteiger partial charge is 0.325 e. The van der Waals surface area contributed by atoms with Crippen LogP contribution in [0.5, 0.6) is 0 Å². The number of halogens is 3. The van der Waals surface area contributed by atoms with Crippen LogP contribution in [-0.4, -0.2) is 9.38 Å². The van der Waals surface area contributed by atoms with E-state index in [-0.39, 0.29) is 0 Å². The molecule has 6 heteroatoms. The molecule has 0 spiro atoms. The maximum Gasteiger partial charge on any atom is 0.156 e. The van der Waals surface area contributed by atoms with Gasteiger partial charge in [0.15, 0.2) is 5.65 Å². The third kappa shape index (κ3) is 2.33. The first-order chi connectivity index (χ1) is 9.60. The lowest BCUT2D eigenvalue weighted by Gasteiger charge is -2.03. The molecular formula is C14H10BrCl2N3. The molecule has 3 aromatic rings. The molecule has 3 nitrogen and oxygen atoms in total. The van der Waals surface area contributed by atoms with Crippen molar-refractivity contribution in [3.8, 4) is 11.3 Å². The van der Waals surface area contributed by atoms with Gasteiger partial charge >= 0.3 is 0 Å². The second kappa shape index (κ2) is 5.37. The van der Waals surface area contributed by atoms with Crippen molar-refractivity contribution in [1.82, 2.24) is 9.38 Å². The highest BCUT2D eigenvalue weighted by atomic mass is 79.9. The van der Waals surface area contributed by atoms with E-state index in [0.29, 0.717) is 22.2 Å². The molecule has 3 rings (SSSR count). The summed E-state index contributed by atoms with van der Waals surface area (Å²) < 4.78 is 2.86. The maximum absolute atomic E-state index is 6.20. The average Bonchev–Trinajstić information content (AvgIpc) is 2.78. The van der Waals surface area contributed by atoms with Gasteiger partial charge in [0.05, 0.1) is 21.4 Å². The molecule has 0 radical (unpaired) electrons. The van der Waals surface area contributed by atoms with E-state index >= 15 is 0 Å². The SMILES string of the molecule is NCc1c(-c2ccc(Br)cc2)nc2c(Cl)cc(Cl)cn12. The Morgan fingerprint density at radius 3 is 2.55 bits per heavy atom. The summed E-state index contributed by atoms with van der Waals surface area (Å²) in [6.45, 7) is 0.350. The first-order valence-corrected chi connectivity index (χ1v) is 7.47. The van der Waals surface area contributed by atoms with Gasteiger partial charge in [0.25, 0.3) is 0 Å². The minimum Gasteiger partial charge on any atom is -0.325 e. The van der Waals surface area contributed by atoms with Crippen LogP contribution in [0.3, 0.4) is 0 Å². The summed E-state index contributed by atoms with van der Waals surface area (Å²) >= 11 is 15.7. The number of nitrogens with zero attached hydrogens (tertiary/aromatic N) is 2. The topological polar surface area (TPSA) is 43.3 Å². The van der Waals surface area contributed by atoms with Gasteiger partial charge in [-0.2, -0.15) is 0 Å². The molecule has 0 saturated carbocycles. The highest BCUT2D eigenvalue weighted by Crippen LogP contribution is 2.30. The predicted octanol–water partition coefficient (Wildman–Crippen LogP) is 4.53.